The molecule has 0 spiro atoms. The molecular weight excluding hydrogens is 294 g/mol. The van der Waals surface area contributed by atoms with Gasteiger partial charge in [-0.25, -0.2) is 4.98 Å². The van der Waals surface area contributed by atoms with E-state index in [0.717, 1.165) is 10.0 Å². The van der Waals surface area contributed by atoms with Crippen molar-refractivity contribution in [3.05, 3.63) is 52.6 Å². The number of benzene rings is 1. The number of halogens is 1. The van der Waals surface area contributed by atoms with Gasteiger partial charge in [-0.1, -0.05) is 30.3 Å². The molecule has 0 radical (unpaired) electrons. The van der Waals surface area contributed by atoms with Crippen LogP contribution in [-0.2, 0) is 0 Å². The largest absolute Gasteiger partial charge is 0.397 e. The Bertz CT molecular complexity index is 519. The Morgan fingerprint density at radius 3 is 2.67 bits per heavy atom. The topological polar surface area (TPSA) is 71.2 Å². The molecule has 94 valence electrons. The molecule has 0 aliphatic rings. The summed E-state index contributed by atoms with van der Waals surface area (Å²) >= 11 is 3.39. The SMILES string of the molecule is Nc1cnc(NC(CO)c2ccccc2)c(Br)c1. The number of anilines is 2. The van der Waals surface area contributed by atoms with E-state index in [-0.39, 0.29) is 12.6 Å². The molecule has 4 nitrogen and oxygen atoms in total. The maximum absolute atomic E-state index is 9.46. The number of aliphatic hydroxyl groups is 1. The van der Waals surface area contributed by atoms with Crippen molar-refractivity contribution in [2.24, 2.45) is 0 Å². The first-order valence-electron chi connectivity index (χ1n) is 5.54. The van der Waals surface area contributed by atoms with E-state index in [1.165, 1.54) is 0 Å². The lowest BCUT2D eigenvalue weighted by atomic mass is 10.1. The van der Waals surface area contributed by atoms with Gasteiger partial charge in [0.2, 0.25) is 0 Å². The summed E-state index contributed by atoms with van der Waals surface area (Å²) in [6.45, 7) is -0.0114. The number of rotatable bonds is 4. The van der Waals surface area contributed by atoms with Gasteiger partial charge >= 0.3 is 0 Å². The average molecular weight is 308 g/mol. The van der Waals surface area contributed by atoms with Crippen molar-refractivity contribution >= 4 is 27.4 Å². The number of nitrogens with zero attached hydrogens (tertiary/aromatic N) is 1. The standard InChI is InChI=1S/C13H14BrN3O/c14-11-6-10(15)7-16-13(11)17-12(8-18)9-4-2-1-3-5-9/h1-7,12,18H,8,15H2,(H,16,17). The molecule has 5 heteroatoms. The van der Waals surface area contributed by atoms with Crippen LogP contribution in [0.2, 0.25) is 0 Å². The lowest BCUT2D eigenvalue weighted by molar-refractivity contribution is 0.276. The first kappa shape index (κ1) is 12.9. The van der Waals surface area contributed by atoms with Gasteiger partial charge in [0, 0.05) is 0 Å². The fourth-order valence-electron chi connectivity index (χ4n) is 1.64. The van der Waals surface area contributed by atoms with Crippen LogP contribution < -0.4 is 11.1 Å². The Hall–Kier alpha value is -1.59. The highest BCUT2D eigenvalue weighted by atomic mass is 79.9. The minimum Gasteiger partial charge on any atom is -0.397 e. The third-order valence-electron chi connectivity index (χ3n) is 2.56. The van der Waals surface area contributed by atoms with E-state index in [0.29, 0.717) is 11.5 Å². The number of nitrogens with one attached hydrogen (secondary N) is 1. The smallest absolute Gasteiger partial charge is 0.140 e. The molecule has 0 saturated heterocycles. The summed E-state index contributed by atoms with van der Waals surface area (Å²) in [4.78, 5) is 4.20. The van der Waals surface area contributed by atoms with Crippen LogP contribution in [0.1, 0.15) is 11.6 Å². The maximum Gasteiger partial charge on any atom is 0.140 e. The molecule has 1 aromatic heterocycles. The molecule has 2 rings (SSSR count). The van der Waals surface area contributed by atoms with Crippen molar-refractivity contribution < 1.29 is 5.11 Å². The average Bonchev–Trinajstić information content (AvgIpc) is 2.39. The van der Waals surface area contributed by atoms with Gasteiger partial charge in [-0.2, -0.15) is 0 Å². The second kappa shape index (κ2) is 5.84. The molecule has 0 amide bonds. The van der Waals surface area contributed by atoms with E-state index >= 15 is 0 Å². The summed E-state index contributed by atoms with van der Waals surface area (Å²) in [7, 11) is 0. The van der Waals surface area contributed by atoms with Crippen molar-refractivity contribution in [1.82, 2.24) is 4.98 Å². The molecule has 0 bridgehead atoms. The Labute approximate surface area is 114 Å². The second-order valence-electron chi connectivity index (χ2n) is 3.89. The zero-order chi connectivity index (χ0) is 13.0. The number of aromatic nitrogens is 1. The van der Waals surface area contributed by atoms with Gasteiger partial charge < -0.3 is 16.2 Å². The minimum absolute atomic E-state index is 0.0114. The molecule has 0 fully saturated rings. The fraction of sp³-hybridized carbons (Fsp3) is 0.154. The van der Waals surface area contributed by atoms with Gasteiger partial charge in [-0.05, 0) is 27.6 Å². The highest BCUT2D eigenvalue weighted by Crippen LogP contribution is 2.25. The lowest BCUT2D eigenvalue weighted by Gasteiger charge is -2.18. The van der Waals surface area contributed by atoms with Crippen LogP contribution in [0.4, 0.5) is 11.5 Å². The number of nitrogens with two attached hydrogens (primary N) is 1. The summed E-state index contributed by atoms with van der Waals surface area (Å²) in [5.74, 6) is 0.659. The molecule has 0 aliphatic heterocycles. The Morgan fingerprint density at radius 1 is 1.33 bits per heavy atom. The molecule has 1 heterocycles. The van der Waals surface area contributed by atoms with E-state index in [1.807, 2.05) is 30.3 Å². The van der Waals surface area contributed by atoms with Crippen molar-refractivity contribution in [2.45, 2.75) is 6.04 Å². The number of pyridine rings is 1. The van der Waals surface area contributed by atoms with Crippen LogP contribution in [0.3, 0.4) is 0 Å². The highest BCUT2D eigenvalue weighted by Gasteiger charge is 2.12. The van der Waals surface area contributed by atoms with Crippen LogP contribution in [0.5, 0.6) is 0 Å². The van der Waals surface area contributed by atoms with Gasteiger partial charge in [0.1, 0.15) is 5.82 Å². The minimum atomic E-state index is -0.196. The molecule has 1 aromatic carbocycles. The molecule has 1 unspecified atom stereocenters. The van der Waals surface area contributed by atoms with Crippen molar-refractivity contribution in [3.8, 4) is 0 Å². The van der Waals surface area contributed by atoms with Crippen molar-refractivity contribution in [3.63, 3.8) is 0 Å². The van der Waals surface area contributed by atoms with E-state index in [1.54, 1.807) is 12.3 Å². The van der Waals surface area contributed by atoms with E-state index in [2.05, 4.69) is 26.2 Å². The normalized spacial score (nSPS) is 12.1. The Balaban J connectivity index is 2.21. The van der Waals surface area contributed by atoms with Gasteiger partial charge in [-0.3, -0.25) is 0 Å². The predicted molar refractivity (Wildman–Crippen MR) is 76.2 cm³/mol. The fourth-order valence-corrected chi connectivity index (χ4v) is 2.12. The molecular formula is C13H14BrN3O. The second-order valence-corrected chi connectivity index (χ2v) is 4.74. The third kappa shape index (κ3) is 3.00. The van der Waals surface area contributed by atoms with Gasteiger partial charge in [0.15, 0.2) is 0 Å². The third-order valence-corrected chi connectivity index (χ3v) is 3.16. The summed E-state index contributed by atoms with van der Waals surface area (Å²) in [5, 5.41) is 12.6. The van der Waals surface area contributed by atoms with Crippen LogP contribution in [0.25, 0.3) is 0 Å². The van der Waals surface area contributed by atoms with Crippen molar-refractivity contribution in [1.29, 1.82) is 0 Å². The molecule has 4 N–H and O–H groups in total. The quantitative estimate of drug-likeness (QED) is 0.812. The maximum atomic E-state index is 9.46. The molecule has 1 atom stereocenters. The molecule has 18 heavy (non-hydrogen) atoms. The first-order chi connectivity index (χ1) is 8.70. The van der Waals surface area contributed by atoms with Crippen LogP contribution in [0, 0.1) is 0 Å². The zero-order valence-corrected chi connectivity index (χ0v) is 11.3. The molecule has 0 saturated carbocycles. The monoisotopic (exact) mass is 307 g/mol. The highest BCUT2D eigenvalue weighted by molar-refractivity contribution is 9.10. The molecule has 0 aliphatic carbocycles. The Kier molecular flexibility index (Phi) is 4.17. The van der Waals surface area contributed by atoms with E-state index in [9.17, 15) is 5.11 Å². The van der Waals surface area contributed by atoms with E-state index in [4.69, 9.17) is 5.73 Å². The summed E-state index contributed by atoms with van der Waals surface area (Å²) in [6, 6.07) is 11.3. The summed E-state index contributed by atoms with van der Waals surface area (Å²) in [5.41, 5.74) is 7.23. The van der Waals surface area contributed by atoms with Crippen molar-refractivity contribution in [2.75, 3.05) is 17.7 Å². The first-order valence-corrected chi connectivity index (χ1v) is 6.33. The van der Waals surface area contributed by atoms with Gasteiger partial charge in [-0.15, -0.1) is 0 Å². The summed E-state index contributed by atoms with van der Waals surface area (Å²) in [6.07, 6.45) is 1.58. The van der Waals surface area contributed by atoms with Crippen LogP contribution in [0.15, 0.2) is 47.1 Å². The van der Waals surface area contributed by atoms with E-state index < -0.39 is 0 Å². The molecule has 2 aromatic rings. The van der Waals surface area contributed by atoms with Crippen LogP contribution in [-0.4, -0.2) is 16.7 Å². The number of hydrogen-bond acceptors (Lipinski definition) is 4. The predicted octanol–water partition coefficient (Wildman–Crippen LogP) is 2.57. The van der Waals surface area contributed by atoms with Gasteiger partial charge in [0.05, 0.1) is 29.0 Å². The van der Waals surface area contributed by atoms with Crippen LogP contribution >= 0.6 is 15.9 Å². The lowest BCUT2D eigenvalue weighted by Crippen LogP contribution is -2.16. The zero-order valence-electron chi connectivity index (χ0n) is 9.68. The Morgan fingerprint density at radius 2 is 2.06 bits per heavy atom. The number of aliphatic hydroxyl groups excluding tert-OH is 1. The summed E-state index contributed by atoms with van der Waals surface area (Å²) < 4.78 is 0.775. The number of nitrogen functional groups attached to an aromatic ring is 1. The number of hydrogen-bond donors (Lipinski definition) is 3. The van der Waals surface area contributed by atoms with Gasteiger partial charge in [0.25, 0.3) is 0 Å².